The smallest absolute Gasteiger partial charge is 0.0284 e. The monoisotopic (exact) mass is 402 g/mol. The minimum absolute atomic E-state index is 0. The molecule has 146 valence electrons. The highest BCUT2D eigenvalue weighted by Gasteiger charge is 2.34. The third-order valence-electron chi connectivity index (χ3n) is 7.43. The van der Waals surface area contributed by atoms with E-state index in [-0.39, 0.29) is 11.0 Å². The van der Waals surface area contributed by atoms with Crippen molar-refractivity contribution >= 4 is 22.6 Å². The van der Waals surface area contributed by atoms with Gasteiger partial charge < -0.3 is 0 Å². The van der Waals surface area contributed by atoms with Gasteiger partial charge >= 0.3 is 0 Å². The fourth-order valence-corrected chi connectivity index (χ4v) is 5.92. The van der Waals surface area contributed by atoms with Crippen molar-refractivity contribution in [2.45, 2.75) is 44.9 Å². The van der Waals surface area contributed by atoms with Gasteiger partial charge in [0.2, 0.25) is 0 Å². The average molecular weight is 403 g/mol. The Morgan fingerprint density at radius 3 is 2.47 bits per heavy atom. The second-order valence-corrected chi connectivity index (χ2v) is 8.85. The van der Waals surface area contributed by atoms with Crippen LogP contribution in [0.25, 0.3) is 22.8 Å². The van der Waals surface area contributed by atoms with Crippen LogP contribution in [0.5, 0.6) is 0 Å². The molecule has 0 saturated heterocycles. The highest BCUT2D eigenvalue weighted by atomic mass is 28.1. The van der Waals surface area contributed by atoms with Gasteiger partial charge in [-0.05, 0) is 76.3 Å². The number of rotatable bonds is 2. The third-order valence-corrected chi connectivity index (χ3v) is 7.43. The molecule has 1 heteroatoms. The summed E-state index contributed by atoms with van der Waals surface area (Å²) in [5, 5.41) is 0. The molecule has 2 unspecified atom stereocenters. The lowest BCUT2D eigenvalue weighted by Gasteiger charge is -2.20. The molecule has 4 radical (unpaired) electrons. The maximum absolute atomic E-state index is 2.54. The van der Waals surface area contributed by atoms with Crippen LogP contribution in [-0.2, 0) is 12.8 Å². The van der Waals surface area contributed by atoms with Gasteiger partial charge in [-0.1, -0.05) is 85.3 Å². The van der Waals surface area contributed by atoms with E-state index in [0.29, 0.717) is 11.8 Å². The summed E-state index contributed by atoms with van der Waals surface area (Å²) in [7, 11) is 0. The van der Waals surface area contributed by atoms with E-state index in [1.54, 1.807) is 16.7 Å². The van der Waals surface area contributed by atoms with E-state index in [4.69, 9.17) is 0 Å². The molecule has 3 aliphatic carbocycles. The predicted octanol–water partition coefficient (Wildman–Crippen LogP) is 7.16. The van der Waals surface area contributed by atoms with E-state index in [1.807, 2.05) is 0 Å². The summed E-state index contributed by atoms with van der Waals surface area (Å²) in [6, 6.07) is 22.6. The zero-order chi connectivity index (χ0) is 19.5. The predicted molar refractivity (Wildman–Crippen MR) is 129 cm³/mol. The maximum atomic E-state index is 2.54. The molecule has 0 bridgehead atoms. The zero-order valence-electron chi connectivity index (χ0n) is 17.7. The van der Waals surface area contributed by atoms with E-state index >= 15 is 0 Å². The number of benzene rings is 3. The van der Waals surface area contributed by atoms with Crippen LogP contribution in [0.15, 0.2) is 72.3 Å². The van der Waals surface area contributed by atoms with Crippen LogP contribution in [-0.4, -0.2) is 11.0 Å². The number of allylic oxidation sites excluding steroid dienone is 3. The molecular formula is C29H26Si. The second-order valence-electron chi connectivity index (χ2n) is 8.85. The van der Waals surface area contributed by atoms with Gasteiger partial charge in [0.05, 0.1) is 0 Å². The molecule has 0 nitrogen and oxygen atoms in total. The Morgan fingerprint density at radius 1 is 0.867 bits per heavy atom. The Bertz CT molecular complexity index is 1200. The standard InChI is InChI=1S/C29H26.Si/c1-18-19(2)28(24-13-7-6-12-22(18)24)25-15-16-26-27(25)17-21-11-8-14-23(21)29(26)20-9-4-3-5-10-20;/h3-7,9-10,12-13,15-18,25H,8,11,14H2,1-2H3;. The molecule has 0 spiro atoms. The summed E-state index contributed by atoms with van der Waals surface area (Å²) in [6.07, 6.45) is 8.59. The van der Waals surface area contributed by atoms with Crippen molar-refractivity contribution in [2.75, 3.05) is 0 Å². The van der Waals surface area contributed by atoms with Crippen LogP contribution in [0.2, 0.25) is 0 Å². The van der Waals surface area contributed by atoms with Gasteiger partial charge in [0, 0.05) is 22.8 Å². The summed E-state index contributed by atoms with van der Waals surface area (Å²) in [5.74, 6) is 0.895. The van der Waals surface area contributed by atoms with Gasteiger partial charge in [-0.25, -0.2) is 0 Å². The lowest BCUT2D eigenvalue weighted by molar-refractivity contribution is 0.911. The quantitative estimate of drug-likeness (QED) is 0.399. The summed E-state index contributed by atoms with van der Waals surface area (Å²) < 4.78 is 0. The minimum atomic E-state index is 0. The van der Waals surface area contributed by atoms with Crippen molar-refractivity contribution in [1.29, 1.82) is 0 Å². The van der Waals surface area contributed by atoms with Crippen molar-refractivity contribution in [1.82, 2.24) is 0 Å². The molecule has 0 aliphatic heterocycles. The minimum Gasteiger partial charge on any atom is -0.0720 e. The van der Waals surface area contributed by atoms with Gasteiger partial charge in [0.25, 0.3) is 0 Å². The van der Waals surface area contributed by atoms with E-state index in [1.165, 1.54) is 58.2 Å². The second kappa shape index (κ2) is 7.25. The van der Waals surface area contributed by atoms with Crippen LogP contribution < -0.4 is 0 Å². The zero-order valence-corrected chi connectivity index (χ0v) is 18.7. The molecule has 30 heavy (non-hydrogen) atoms. The molecule has 3 aromatic carbocycles. The summed E-state index contributed by atoms with van der Waals surface area (Å²) >= 11 is 0. The van der Waals surface area contributed by atoms with Gasteiger partial charge in [0.1, 0.15) is 0 Å². The van der Waals surface area contributed by atoms with Crippen LogP contribution in [0.4, 0.5) is 0 Å². The third kappa shape index (κ3) is 2.65. The fraction of sp³-hybridized carbons (Fsp3) is 0.241. The summed E-state index contributed by atoms with van der Waals surface area (Å²) in [4.78, 5) is 0. The molecule has 0 aromatic heterocycles. The normalized spacial score (nSPS) is 20.7. The molecule has 0 amide bonds. The van der Waals surface area contributed by atoms with Crippen molar-refractivity contribution in [3.63, 3.8) is 0 Å². The summed E-state index contributed by atoms with van der Waals surface area (Å²) in [6.45, 7) is 4.70. The van der Waals surface area contributed by atoms with Crippen molar-refractivity contribution < 1.29 is 0 Å². The first-order valence-corrected chi connectivity index (χ1v) is 11.0. The Morgan fingerprint density at radius 2 is 1.63 bits per heavy atom. The highest BCUT2D eigenvalue weighted by molar-refractivity contribution is 5.91. The first kappa shape index (κ1) is 19.3. The van der Waals surface area contributed by atoms with Gasteiger partial charge in [0.15, 0.2) is 0 Å². The van der Waals surface area contributed by atoms with E-state index in [9.17, 15) is 0 Å². The van der Waals surface area contributed by atoms with E-state index in [0.717, 1.165) is 0 Å². The van der Waals surface area contributed by atoms with Gasteiger partial charge in [-0.2, -0.15) is 0 Å². The SMILES string of the molecule is CC1=C(C2C=Cc3c2cc2c(c3-c3ccccc3)CCC2)c2ccccc2C1C.[Si]. The molecular weight excluding hydrogens is 376 g/mol. The molecule has 0 N–H and O–H groups in total. The fourth-order valence-electron chi connectivity index (χ4n) is 5.92. The lowest BCUT2D eigenvalue weighted by atomic mass is 9.83. The Labute approximate surface area is 184 Å². The first-order chi connectivity index (χ1) is 14.2. The lowest BCUT2D eigenvalue weighted by Crippen LogP contribution is -2.02. The highest BCUT2D eigenvalue weighted by Crippen LogP contribution is 2.53. The molecule has 2 atom stereocenters. The van der Waals surface area contributed by atoms with E-state index in [2.05, 4.69) is 86.7 Å². The van der Waals surface area contributed by atoms with Crippen molar-refractivity contribution in [3.05, 3.63) is 106 Å². The van der Waals surface area contributed by atoms with Gasteiger partial charge in [-0.3, -0.25) is 0 Å². The van der Waals surface area contributed by atoms with Crippen molar-refractivity contribution in [2.24, 2.45) is 0 Å². The van der Waals surface area contributed by atoms with Crippen molar-refractivity contribution in [3.8, 4) is 11.1 Å². The number of aryl methyl sites for hydroxylation is 1. The maximum Gasteiger partial charge on any atom is 0.0284 e. The first-order valence-electron chi connectivity index (χ1n) is 11.0. The van der Waals surface area contributed by atoms with Crippen LogP contribution >= 0.6 is 0 Å². The number of fused-ring (bicyclic) bond motifs is 3. The topological polar surface area (TPSA) is 0 Å². The van der Waals surface area contributed by atoms with Crippen LogP contribution in [0, 0.1) is 0 Å². The molecule has 3 aromatic rings. The average Bonchev–Trinajstić information content (AvgIpc) is 3.45. The molecule has 0 fully saturated rings. The van der Waals surface area contributed by atoms with E-state index < -0.39 is 0 Å². The Hall–Kier alpha value is -2.64. The Kier molecular flexibility index (Phi) is 4.67. The number of hydrogen-bond acceptors (Lipinski definition) is 0. The molecule has 0 heterocycles. The molecule has 3 aliphatic rings. The number of hydrogen-bond donors (Lipinski definition) is 0. The summed E-state index contributed by atoms with van der Waals surface area (Å²) in [5.41, 5.74) is 15.0. The largest absolute Gasteiger partial charge is 0.0720 e. The Balaban J connectivity index is 0.00000193. The van der Waals surface area contributed by atoms with Crippen LogP contribution in [0.3, 0.4) is 0 Å². The molecule has 0 saturated carbocycles. The molecule has 6 rings (SSSR count). The van der Waals surface area contributed by atoms with Crippen LogP contribution in [0.1, 0.15) is 65.5 Å². The van der Waals surface area contributed by atoms with Gasteiger partial charge in [-0.15, -0.1) is 0 Å².